The topological polar surface area (TPSA) is 77.2 Å². The van der Waals surface area contributed by atoms with Crippen molar-refractivity contribution < 1.29 is 4.79 Å². The molecule has 28 heavy (non-hydrogen) atoms. The van der Waals surface area contributed by atoms with Crippen LogP contribution in [-0.2, 0) is 24.3 Å². The van der Waals surface area contributed by atoms with Crippen LogP contribution in [0.5, 0.6) is 0 Å². The van der Waals surface area contributed by atoms with E-state index in [0.29, 0.717) is 31.9 Å². The Labute approximate surface area is 162 Å². The van der Waals surface area contributed by atoms with Crippen LogP contribution in [0, 0.1) is 18.3 Å². The molecule has 1 amide bonds. The zero-order chi connectivity index (χ0) is 19.5. The van der Waals surface area contributed by atoms with E-state index in [1.807, 2.05) is 36.1 Å². The first-order chi connectivity index (χ1) is 13.4. The number of carbonyl (C=O) groups excluding carboxylic acids is 1. The third kappa shape index (κ3) is 2.89. The van der Waals surface area contributed by atoms with E-state index >= 15 is 0 Å². The van der Waals surface area contributed by atoms with Gasteiger partial charge >= 0.3 is 11.1 Å². The molecule has 7 nitrogen and oxygen atoms in total. The van der Waals surface area contributed by atoms with E-state index in [2.05, 4.69) is 5.10 Å². The second kappa shape index (κ2) is 6.15. The van der Waals surface area contributed by atoms with Gasteiger partial charge in [-0.3, -0.25) is 19.0 Å². The minimum Gasteiger partial charge on any atom is -0.342 e. The zero-order valence-corrected chi connectivity index (χ0v) is 16.1. The molecule has 2 aromatic rings. The lowest BCUT2D eigenvalue weighted by molar-refractivity contribution is -0.131. The number of benzene rings is 1. The molecule has 0 N–H and O–H groups in total. The van der Waals surface area contributed by atoms with Gasteiger partial charge in [0.25, 0.3) is 0 Å². The first-order valence-corrected chi connectivity index (χ1v) is 9.99. The summed E-state index contributed by atoms with van der Waals surface area (Å²) in [5.41, 5.74) is 0.858. The molecule has 1 saturated carbocycles. The van der Waals surface area contributed by atoms with Crippen LogP contribution >= 0.6 is 0 Å². The Bertz CT molecular complexity index is 1060. The number of rotatable bonds is 3. The van der Waals surface area contributed by atoms with Crippen molar-refractivity contribution in [1.29, 1.82) is 0 Å². The van der Waals surface area contributed by atoms with Crippen LogP contribution in [0.2, 0.25) is 0 Å². The largest absolute Gasteiger partial charge is 0.342 e. The van der Waals surface area contributed by atoms with Crippen LogP contribution in [0.4, 0.5) is 0 Å². The van der Waals surface area contributed by atoms with Gasteiger partial charge in [-0.15, -0.1) is 0 Å². The average molecular weight is 380 g/mol. The summed E-state index contributed by atoms with van der Waals surface area (Å²) in [6.07, 6.45) is 3.51. The summed E-state index contributed by atoms with van der Waals surface area (Å²) < 4.78 is 2.83. The molecule has 0 bridgehead atoms. The molecule has 7 heteroatoms. The third-order valence-electron chi connectivity index (χ3n) is 6.37. The normalized spacial score (nSPS) is 23.4. The summed E-state index contributed by atoms with van der Waals surface area (Å²) in [4.78, 5) is 39.6. The number of fused-ring (bicyclic) bond motifs is 1. The lowest BCUT2D eigenvalue weighted by Crippen LogP contribution is -2.43. The van der Waals surface area contributed by atoms with E-state index in [1.54, 1.807) is 4.57 Å². The fourth-order valence-electron chi connectivity index (χ4n) is 4.56. The van der Waals surface area contributed by atoms with Gasteiger partial charge in [-0.05, 0) is 31.7 Å². The molecule has 1 unspecified atom stereocenters. The number of hydrogen-bond donors (Lipinski definition) is 0. The molecule has 5 rings (SSSR count). The number of carbonyl (C=O) groups is 1. The Morgan fingerprint density at radius 3 is 2.61 bits per heavy atom. The van der Waals surface area contributed by atoms with Crippen LogP contribution in [0.15, 0.2) is 33.9 Å². The molecule has 1 aromatic carbocycles. The fourth-order valence-corrected chi connectivity index (χ4v) is 4.56. The Hall–Kier alpha value is -2.70. The highest BCUT2D eigenvalue weighted by molar-refractivity contribution is 5.81. The van der Waals surface area contributed by atoms with Crippen molar-refractivity contribution in [3.05, 3.63) is 61.9 Å². The number of nitrogens with zero attached hydrogens (tertiary/aromatic N) is 4. The molecular weight excluding hydrogens is 356 g/mol. The van der Waals surface area contributed by atoms with Gasteiger partial charge < -0.3 is 4.90 Å². The zero-order valence-electron chi connectivity index (χ0n) is 16.1. The van der Waals surface area contributed by atoms with Crippen LogP contribution in [0.25, 0.3) is 0 Å². The molecule has 0 radical (unpaired) electrons. The number of aryl methyl sites for hydroxylation is 1. The standard InChI is InChI=1S/C21H24N4O3/c1-14-2-4-15(5-3-14)11-25-20(28)19(27)24-13-21(10-17(24)22-25)8-9-23(12-21)18(26)16-6-7-16/h2-5,16H,6-13H2,1H3. The predicted octanol–water partition coefficient (Wildman–Crippen LogP) is 0.947. The molecule has 3 aliphatic rings. The van der Waals surface area contributed by atoms with E-state index < -0.39 is 11.1 Å². The Balaban J connectivity index is 1.41. The van der Waals surface area contributed by atoms with E-state index in [-0.39, 0.29) is 17.2 Å². The molecule has 146 valence electrons. The van der Waals surface area contributed by atoms with Crippen LogP contribution in [0.3, 0.4) is 0 Å². The molecule has 2 aliphatic heterocycles. The van der Waals surface area contributed by atoms with Crippen LogP contribution in [-0.4, -0.2) is 38.2 Å². The van der Waals surface area contributed by atoms with Crippen molar-refractivity contribution in [2.75, 3.05) is 13.1 Å². The van der Waals surface area contributed by atoms with Crippen LogP contribution in [0.1, 0.15) is 36.2 Å². The van der Waals surface area contributed by atoms with Crippen molar-refractivity contribution in [1.82, 2.24) is 19.2 Å². The predicted molar refractivity (Wildman–Crippen MR) is 103 cm³/mol. The van der Waals surface area contributed by atoms with E-state index in [0.717, 1.165) is 36.9 Å². The van der Waals surface area contributed by atoms with E-state index in [1.165, 1.54) is 4.68 Å². The molecule has 1 atom stereocenters. The lowest BCUT2D eigenvalue weighted by atomic mass is 9.86. The van der Waals surface area contributed by atoms with Gasteiger partial charge in [-0.2, -0.15) is 5.10 Å². The minimum atomic E-state index is -0.578. The van der Waals surface area contributed by atoms with Crippen molar-refractivity contribution in [2.24, 2.45) is 11.3 Å². The first-order valence-electron chi connectivity index (χ1n) is 9.99. The van der Waals surface area contributed by atoms with E-state index in [4.69, 9.17) is 0 Å². The average Bonchev–Trinajstić information content (AvgIpc) is 3.36. The maximum absolute atomic E-state index is 12.7. The van der Waals surface area contributed by atoms with Gasteiger partial charge in [0.1, 0.15) is 5.82 Å². The highest BCUT2D eigenvalue weighted by Crippen LogP contribution is 2.41. The summed E-state index contributed by atoms with van der Waals surface area (Å²) >= 11 is 0. The summed E-state index contributed by atoms with van der Waals surface area (Å²) in [5, 5.41) is 4.53. The summed E-state index contributed by atoms with van der Waals surface area (Å²) in [7, 11) is 0. The number of likely N-dealkylation sites (tertiary alicyclic amines) is 1. The quantitative estimate of drug-likeness (QED) is 0.743. The molecule has 1 aromatic heterocycles. The van der Waals surface area contributed by atoms with Crippen molar-refractivity contribution in [3.63, 3.8) is 0 Å². The maximum Gasteiger partial charge on any atom is 0.332 e. The molecule has 1 saturated heterocycles. The SMILES string of the molecule is Cc1ccc(Cn2nc3n(c(=O)c2=O)CC2(CCN(C(=O)C4CC4)C2)C3)cc1. The van der Waals surface area contributed by atoms with Gasteiger partial charge in [-0.25, -0.2) is 4.68 Å². The van der Waals surface area contributed by atoms with Gasteiger partial charge in [0.2, 0.25) is 5.91 Å². The highest BCUT2D eigenvalue weighted by Gasteiger charge is 2.47. The Kier molecular flexibility index (Phi) is 3.82. The summed E-state index contributed by atoms with van der Waals surface area (Å²) in [5.74, 6) is 1.13. The lowest BCUT2D eigenvalue weighted by Gasteiger charge is -2.22. The number of amides is 1. The monoisotopic (exact) mass is 380 g/mol. The molecule has 3 heterocycles. The van der Waals surface area contributed by atoms with Gasteiger partial charge in [0.05, 0.1) is 6.54 Å². The number of hydrogen-bond acceptors (Lipinski definition) is 4. The summed E-state index contributed by atoms with van der Waals surface area (Å²) in [6, 6.07) is 7.88. The number of aromatic nitrogens is 3. The third-order valence-corrected chi connectivity index (χ3v) is 6.37. The van der Waals surface area contributed by atoms with Crippen molar-refractivity contribution in [2.45, 2.75) is 45.7 Å². The first kappa shape index (κ1) is 17.4. The maximum atomic E-state index is 12.7. The highest BCUT2D eigenvalue weighted by atomic mass is 16.2. The Morgan fingerprint density at radius 1 is 1.14 bits per heavy atom. The molecule has 2 fully saturated rings. The van der Waals surface area contributed by atoms with Gasteiger partial charge in [-0.1, -0.05) is 29.8 Å². The van der Waals surface area contributed by atoms with Crippen molar-refractivity contribution in [3.8, 4) is 0 Å². The summed E-state index contributed by atoms with van der Waals surface area (Å²) in [6.45, 7) is 4.20. The molecular formula is C21H24N4O3. The van der Waals surface area contributed by atoms with Gasteiger partial charge in [0, 0.05) is 37.4 Å². The molecule has 1 aliphatic carbocycles. The minimum absolute atomic E-state index is 0.154. The smallest absolute Gasteiger partial charge is 0.332 e. The second-order valence-corrected chi connectivity index (χ2v) is 8.72. The van der Waals surface area contributed by atoms with E-state index in [9.17, 15) is 14.4 Å². The second-order valence-electron chi connectivity index (χ2n) is 8.72. The molecule has 1 spiro atoms. The van der Waals surface area contributed by atoms with Crippen LogP contribution < -0.4 is 11.1 Å². The fraction of sp³-hybridized carbons (Fsp3) is 0.524. The van der Waals surface area contributed by atoms with Gasteiger partial charge in [0.15, 0.2) is 0 Å². The van der Waals surface area contributed by atoms with Crippen molar-refractivity contribution >= 4 is 5.91 Å². The Morgan fingerprint density at radius 2 is 1.89 bits per heavy atom.